The van der Waals surface area contributed by atoms with Gasteiger partial charge >= 0.3 is 0 Å². The quantitative estimate of drug-likeness (QED) is 0.251. The van der Waals surface area contributed by atoms with Crippen LogP contribution in [0.3, 0.4) is 0 Å². The first-order valence-corrected chi connectivity index (χ1v) is 12.8. The second-order valence-corrected chi connectivity index (χ2v) is 9.18. The maximum Gasteiger partial charge on any atom is 0.208 e. The summed E-state index contributed by atoms with van der Waals surface area (Å²) in [5.41, 5.74) is 3.54. The van der Waals surface area contributed by atoms with Crippen molar-refractivity contribution < 1.29 is 38.0 Å². The van der Waals surface area contributed by atoms with Gasteiger partial charge in [0.2, 0.25) is 17.2 Å². The molecule has 0 spiro atoms. The van der Waals surface area contributed by atoms with Gasteiger partial charge < -0.3 is 33.2 Å². The van der Waals surface area contributed by atoms with Crippen molar-refractivity contribution in [3.63, 3.8) is 0 Å². The van der Waals surface area contributed by atoms with Crippen LogP contribution in [0.25, 0.3) is 0 Å². The van der Waals surface area contributed by atoms with Gasteiger partial charge in [0.1, 0.15) is 0 Å². The molecule has 9 nitrogen and oxygen atoms in total. The van der Waals surface area contributed by atoms with Crippen LogP contribution in [0.1, 0.15) is 52.7 Å². The standard InChI is InChI=1S/C29H41NO8/c1-18-23(27(36-6)29(38-8)28(37-7)24(18)33-3)21(31)12-10-9-11-14-30-15-13-20-19(17-30)16-22(32-2)26(35-5)25(20)34-4/h16H,9-15,17H2,1-8H3. The average molecular weight is 532 g/mol. The lowest BCUT2D eigenvalue weighted by atomic mass is 9.96. The van der Waals surface area contributed by atoms with Crippen molar-refractivity contribution in [2.24, 2.45) is 0 Å². The van der Waals surface area contributed by atoms with Crippen LogP contribution in [-0.4, -0.2) is 73.5 Å². The minimum absolute atomic E-state index is 0.00126. The molecule has 0 saturated carbocycles. The van der Waals surface area contributed by atoms with E-state index in [-0.39, 0.29) is 5.78 Å². The lowest BCUT2D eigenvalue weighted by Crippen LogP contribution is -2.31. The van der Waals surface area contributed by atoms with Crippen LogP contribution in [0, 0.1) is 6.92 Å². The maximum atomic E-state index is 13.3. The van der Waals surface area contributed by atoms with E-state index in [0.717, 1.165) is 51.1 Å². The van der Waals surface area contributed by atoms with Gasteiger partial charge in [0.15, 0.2) is 28.8 Å². The fourth-order valence-corrected chi connectivity index (χ4v) is 5.31. The molecule has 0 unspecified atom stereocenters. The number of nitrogens with zero attached hydrogens (tertiary/aromatic N) is 1. The van der Waals surface area contributed by atoms with Gasteiger partial charge in [-0.15, -0.1) is 0 Å². The van der Waals surface area contributed by atoms with Crippen LogP contribution in [0.15, 0.2) is 6.07 Å². The number of benzene rings is 2. The zero-order chi connectivity index (χ0) is 27.8. The highest BCUT2D eigenvalue weighted by atomic mass is 16.5. The molecule has 0 amide bonds. The highest BCUT2D eigenvalue weighted by Crippen LogP contribution is 2.49. The summed E-state index contributed by atoms with van der Waals surface area (Å²) >= 11 is 0. The monoisotopic (exact) mass is 531 g/mol. The molecule has 0 aromatic heterocycles. The minimum Gasteiger partial charge on any atom is -0.493 e. The third kappa shape index (κ3) is 5.72. The van der Waals surface area contributed by atoms with E-state index in [9.17, 15) is 4.79 Å². The van der Waals surface area contributed by atoms with Gasteiger partial charge in [-0.2, -0.15) is 0 Å². The van der Waals surface area contributed by atoms with E-state index in [1.807, 2.05) is 6.92 Å². The van der Waals surface area contributed by atoms with Gasteiger partial charge in [0.05, 0.1) is 55.3 Å². The summed E-state index contributed by atoms with van der Waals surface area (Å²) in [5.74, 6) is 3.71. The number of unbranched alkanes of at least 4 members (excludes halogenated alkanes) is 2. The molecular weight excluding hydrogens is 490 g/mol. The van der Waals surface area contributed by atoms with Gasteiger partial charge in [-0.1, -0.05) is 6.42 Å². The highest BCUT2D eigenvalue weighted by Gasteiger charge is 2.29. The molecule has 0 atom stereocenters. The van der Waals surface area contributed by atoms with E-state index in [2.05, 4.69) is 11.0 Å². The van der Waals surface area contributed by atoms with Gasteiger partial charge in [-0.05, 0) is 44.4 Å². The number of hydrogen-bond acceptors (Lipinski definition) is 9. The molecule has 1 heterocycles. The minimum atomic E-state index is -0.00126. The molecule has 0 saturated heterocycles. The Morgan fingerprint density at radius 1 is 0.737 bits per heavy atom. The Hall–Kier alpha value is -3.33. The molecule has 9 heteroatoms. The lowest BCUT2D eigenvalue weighted by molar-refractivity contribution is 0.0973. The SMILES string of the molecule is COc1cc2c(c(OC)c1OC)CCN(CCCCCC(=O)c1c(C)c(OC)c(OC)c(OC)c1OC)C2. The van der Waals surface area contributed by atoms with Crippen LogP contribution in [0.5, 0.6) is 40.2 Å². The van der Waals surface area contributed by atoms with Gasteiger partial charge in [0, 0.05) is 30.6 Å². The number of carbonyl (C=O) groups excluding carboxylic acids is 1. The molecule has 0 N–H and O–H groups in total. The van der Waals surface area contributed by atoms with Gasteiger partial charge in [-0.3, -0.25) is 9.69 Å². The van der Waals surface area contributed by atoms with Crippen molar-refractivity contribution in [3.8, 4) is 40.2 Å². The van der Waals surface area contributed by atoms with Gasteiger partial charge in [-0.25, -0.2) is 0 Å². The Labute approximate surface area is 225 Å². The van der Waals surface area contributed by atoms with Gasteiger partial charge in [0.25, 0.3) is 0 Å². The Balaban J connectivity index is 1.61. The topological polar surface area (TPSA) is 84.9 Å². The number of Topliss-reactive ketones (excluding diaryl/α,β-unsaturated/α-hetero) is 1. The zero-order valence-corrected chi connectivity index (χ0v) is 23.9. The van der Waals surface area contributed by atoms with E-state index in [4.69, 9.17) is 33.2 Å². The summed E-state index contributed by atoms with van der Waals surface area (Å²) < 4.78 is 38.8. The zero-order valence-electron chi connectivity index (χ0n) is 23.9. The first-order chi connectivity index (χ1) is 18.4. The van der Waals surface area contributed by atoms with Crippen molar-refractivity contribution in [3.05, 3.63) is 28.3 Å². The smallest absolute Gasteiger partial charge is 0.208 e. The molecule has 3 rings (SSSR count). The van der Waals surface area contributed by atoms with E-state index >= 15 is 0 Å². The number of fused-ring (bicyclic) bond motifs is 1. The second-order valence-electron chi connectivity index (χ2n) is 9.18. The number of hydrogen-bond donors (Lipinski definition) is 0. The Morgan fingerprint density at radius 2 is 1.34 bits per heavy atom. The maximum absolute atomic E-state index is 13.3. The molecule has 2 aromatic rings. The molecule has 0 bridgehead atoms. The number of ether oxygens (including phenoxy) is 7. The van der Waals surface area contributed by atoms with Crippen molar-refractivity contribution in [2.75, 3.05) is 62.9 Å². The van der Waals surface area contributed by atoms with Crippen LogP contribution < -0.4 is 33.2 Å². The van der Waals surface area contributed by atoms with Crippen molar-refractivity contribution in [1.29, 1.82) is 0 Å². The van der Waals surface area contributed by atoms with Crippen molar-refractivity contribution in [1.82, 2.24) is 4.90 Å². The lowest BCUT2D eigenvalue weighted by Gasteiger charge is -2.30. The van der Waals surface area contributed by atoms with Crippen LogP contribution in [-0.2, 0) is 13.0 Å². The van der Waals surface area contributed by atoms with E-state index in [1.54, 1.807) is 28.4 Å². The summed E-state index contributed by atoms with van der Waals surface area (Å²) in [6.07, 6.45) is 4.01. The summed E-state index contributed by atoms with van der Waals surface area (Å²) in [7, 11) is 11.1. The van der Waals surface area contributed by atoms with Crippen LogP contribution >= 0.6 is 0 Å². The molecule has 38 heavy (non-hydrogen) atoms. The summed E-state index contributed by atoms with van der Waals surface area (Å²) in [6.45, 7) is 4.56. The third-order valence-corrected chi connectivity index (χ3v) is 7.13. The Kier molecular flexibility index (Phi) is 10.4. The first-order valence-electron chi connectivity index (χ1n) is 12.8. The molecule has 1 aliphatic heterocycles. The second kappa shape index (κ2) is 13.5. The first kappa shape index (κ1) is 29.2. The largest absolute Gasteiger partial charge is 0.493 e. The fraction of sp³-hybridized carbons (Fsp3) is 0.552. The number of carbonyl (C=O) groups is 1. The Bertz CT molecular complexity index is 1130. The van der Waals surface area contributed by atoms with Crippen molar-refractivity contribution in [2.45, 2.75) is 45.6 Å². The van der Waals surface area contributed by atoms with E-state index in [0.29, 0.717) is 52.0 Å². The molecule has 0 radical (unpaired) electrons. The third-order valence-electron chi connectivity index (χ3n) is 7.13. The number of rotatable bonds is 14. The highest BCUT2D eigenvalue weighted by molar-refractivity contribution is 6.02. The number of ketones is 1. The normalized spacial score (nSPS) is 12.9. The van der Waals surface area contributed by atoms with Crippen LogP contribution in [0.2, 0.25) is 0 Å². The molecule has 210 valence electrons. The fourth-order valence-electron chi connectivity index (χ4n) is 5.31. The van der Waals surface area contributed by atoms with Crippen molar-refractivity contribution >= 4 is 5.78 Å². The Morgan fingerprint density at radius 3 is 1.92 bits per heavy atom. The summed E-state index contributed by atoms with van der Waals surface area (Å²) in [4.78, 5) is 15.7. The van der Waals surface area contributed by atoms with Crippen LogP contribution in [0.4, 0.5) is 0 Å². The molecular formula is C29H41NO8. The predicted octanol–water partition coefficient (Wildman–Crippen LogP) is 4.86. The van der Waals surface area contributed by atoms with E-state index in [1.165, 1.54) is 32.5 Å². The molecule has 1 aliphatic rings. The average Bonchev–Trinajstić information content (AvgIpc) is 2.94. The number of methoxy groups -OCH3 is 7. The summed E-state index contributed by atoms with van der Waals surface area (Å²) in [6, 6.07) is 2.05. The predicted molar refractivity (Wildman–Crippen MR) is 145 cm³/mol. The summed E-state index contributed by atoms with van der Waals surface area (Å²) in [5, 5.41) is 0. The van der Waals surface area contributed by atoms with E-state index < -0.39 is 0 Å². The molecule has 2 aromatic carbocycles. The molecule has 0 aliphatic carbocycles. The molecule has 0 fully saturated rings.